The molecule has 3 aromatic carbocycles. The molecule has 0 saturated heterocycles. The molecule has 2 aliphatic rings. The molecule has 0 heterocycles. The van der Waals surface area contributed by atoms with Gasteiger partial charge < -0.3 is 4.74 Å². The number of halogens is 5. The number of hydrogen-bond acceptors (Lipinski definition) is 1. The summed E-state index contributed by atoms with van der Waals surface area (Å²) < 4.78 is 77.4. The van der Waals surface area contributed by atoms with Crippen LogP contribution in [0.2, 0.25) is 0 Å². The summed E-state index contributed by atoms with van der Waals surface area (Å²) in [5.74, 6) is -3.01. The van der Waals surface area contributed by atoms with E-state index >= 15 is 13.2 Å². The highest BCUT2D eigenvalue weighted by atomic mass is 19.3. The molecule has 3 aromatic rings. The topological polar surface area (TPSA) is 9.23 Å². The third-order valence-electron chi connectivity index (χ3n) is 8.44. The molecule has 2 fully saturated rings. The van der Waals surface area contributed by atoms with E-state index in [1.54, 1.807) is 18.2 Å². The molecule has 0 N–H and O–H groups in total. The van der Waals surface area contributed by atoms with Crippen LogP contribution in [0, 0.1) is 30.3 Å². The Morgan fingerprint density at radius 1 is 0.632 bits per heavy atom. The molecule has 0 amide bonds. The zero-order chi connectivity index (χ0) is 26.9. The van der Waals surface area contributed by atoms with Crippen molar-refractivity contribution in [2.24, 2.45) is 5.92 Å². The molecule has 0 bridgehead atoms. The third-order valence-corrected chi connectivity index (χ3v) is 8.44. The molecule has 5 rings (SSSR count). The Kier molecular flexibility index (Phi) is 7.90. The Morgan fingerprint density at radius 2 is 1.26 bits per heavy atom. The van der Waals surface area contributed by atoms with Crippen molar-refractivity contribution in [1.29, 1.82) is 0 Å². The van der Waals surface area contributed by atoms with E-state index in [1.165, 1.54) is 6.07 Å². The fraction of sp³-hybridized carbons (Fsp3) is 0.438. The predicted octanol–water partition coefficient (Wildman–Crippen LogP) is 9.69. The van der Waals surface area contributed by atoms with Crippen molar-refractivity contribution in [1.82, 2.24) is 0 Å². The molecule has 2 saturated carbocycles. The van der Waals surface area contributed by atoms with Gasteiger partial charge in [-0.1, -0.05) is 48.0 Å². The molecule has 38 heavy (non-hydrogen) atoms. The van der Waals surface area contributed by atoms with Crippen molar-refractivity contribution in [2.45, 2.75) is 82.3 Å². The average molecular weight is 529 g/mol. The van der Waals surface area contributed by atoms with Crippen LogP contribution in [0.25, 0.3) is 11.1 Å². The highest BCUT2D eigenvalue weighted by Gasteiger charge is 2.45. The van der Waals surface area contributed by atoms with Gasteiger partial charge in [-0.05, 0) is 111 Å². The van der Waals surface area contributed by atoms with Gasteiger partial charge in [-0.15, -0.1) is 0 Å². The number of aryl methyl sites for hydroxylation is 1. The summed E-state index contributed by atoms with van der Waals surface area (Å²) in [7, 11) is 0. The van der Waals surface area contributed by atoms with Gasteiger partial charge in [-0.25, -0.2) is 13.2 Å². The van der Waals surface area contributed by atoms with E-state index in [9.17, 15) is 8.78 Å². The van der Waals surface area contributed by atoms with Gasteiger partial charge in [-0.2, -0.15) is 8.78 Å². The predicted molar refractivity (Wildman–Crippen MR) is 139 cm³/mol. The molecule has 0 aromatic heterocycles. The van der Waals surface area contributed by atoms with Crippen LogP contribution in [0.4, 0.5) is 22.0 Å². The molecule has 0 atom stereocenters. The Morgan fingerprint density at radius 3 is 1.89 bits per heavy atom. The van der Waals surface area contributed by atoms with Gasteiger partial charge in [0.15, 0.2) is 11.6 Å². The summed E-state index contributed by atoms with van der Waals surface area (Å²) >= 11 is 0. The van der Waals surface area contributed by atoms with Crippen LogP contribution in [-0.4, -0.2) is 12.2 Å². The van der Waals surface area contributed by atoms with Crippen molar-refractivity contribution >= 4 is 0 Å². The Balaban J connectivity index is 1.14. The van der Waals surface area contributed by atoms with Crippen LogP contribution >= 0.6 is 0 Å². The highest BCUT2D eigenvalue weighted by Crippen LogP contribution is 2.45. The fourth-order valence-electron chi connectivity index (χ4n) is 6.12. The Labute approximate surface area is 221 Å². The molecule has 0 aliphatic heterocycles. The number of hydrogen-bond donors (Lipinski definition) is 0. The van der Waals surface area contributed by atoms with Gasteiger partial charge in [-0.3, -0.25) is 0 Å². The molecule has 202 valence electrons. The van der Waals surface area contributed by atoms with Crippen LogP contribution < -0.4 is 0 Å². The lowest BCUT2D eigenvalue weighted by atomic mass is 9.77. The minimum Gasteiger partial charge on any atom is -0.317 e. The molecule has 0 unspecified atom stereocenters. The summed E-state index contributed by atoms with van der Waals surface area (Å²) in [6.45, 7) is 2.00. The minimum atomic E-state index is -3.24. The standard InChI is InChI=1S/C32H33F5O/c1-20-2-4-21(5-3-20)24-10-16-28(30(34)18-24)23-6-12-26(13-7-23)32(36,37)38-27-14-8-22(9-15-27)25-11-17-29(33)31(35)19-25/h2-5,10-11,16-19,22-23,26-27H,6-9,12-15H2,1H3. The summed E-state index contributed by atoms with van der Waals surface area (Å²) in [6.07, 6.45) is -0.162. The van der Waals surface area contributed by atoms with E-state index in [0.717, 1.165) is 22.8 Å². The molecule has 0 spiro atoms. The number of ether oxygens (including phenoxy) is 1. The molecular formula is C32H33F5O. The van der Waals surface area contributed by atoms with Crippen molar-refractivity contribution in [3.05, 3.63) is 94.8 Å². The first-order chi connectivity index (χ1) is 18.2. The van der Waals surface area contributed by atoms with E-state index in [2.05, 4.69) is 0 Å². The fourth-order valence-corrected chi connectivity index (χ4v) is 6.12. The van der Waals surface area contributed by atoms with Gasteiger partial charge >= 0.3 is 6.11 Å². The Hall–Kier alpha value is -2.73. The monoisotopic (exact) mass is 528 g/mol. The second-order valence-corrected chi connectivity index (χ2v) is 11.0. The van der Waals surface area contributed by atoms with Gasteiger partial charge in [0.05, 0.1) is 12.0 Å². The number of rotatable bonds is 6. The summed E-state index contributed by atoms with van der Waals surface area (Å²) in [6, 6.07) is 17.0. The lowest BCUT2D eigenvalue weighted by molar-refractivity contribution is -0.300. The van der Waals surface area contributed by atoms with E-state index < -0.39 is 29.8 Å². The maximum Gasteiger partial charge on any atom is 0.358 e. The zero-order valence-corrected chi connectivity index (χ0v) is 21.5. The maximum absolute atomic E-state index is 15.1. The van der Waals surface area contributed by atoms with Crippen molar-refractivity contribution in [3.8, 4) is 11.1 Å². The lowest BCUT2D eigenvalue weighted by Crippen LogP contribution is -2.38. The highest BCUT2D eigenvalue weighted by molar-refractivity contribution is 5.64. The summed E-state index contributed by atoms with van der Waals surface area (Å²) in [4.78, 5) is 0. The van der Waals surface area contributed by atoms with E-state index in [1.807, 2.05) is 37.3 Å². The minimum absolute atomic E-state index is 0.0151. The summed E-state index contributed by atoms with van der Waals surface area (Å²) in [5.41, 5.74) is 4.18. The SMILES string of the molecule is Cc1ccc(-c2ccc(C3CCC(C(F)(F)OC4CCC(c5ccc(F)c(F)c5)CC4)CC3)c(F)c2)cc1. The van der Waals surface area contributed by atoms with E-state index in [4.69, 9.17) is 4.74 Å². The second kappa shape index (κ2) is 11.2. The molecule has 0 radical (unpaired) electrons. The maximum atomic E-state index is 15.1. The van der Waals surface area contributed by atoms with Gasteiger partial charge in [0.2, 0.25) is 0 Å². The van der Waals surface area contributed by atoms with E-state index in [0.29, 0.717) is 49.7 Å². The normalized spacial score (nSPS) is 24.4. The van der Waals surface area contributed by atoms with Crippen LogP contribution in [0.5, 0.6) is 0 Å². The first kappa shape index (κ1) is 26.9. The molecule has 6 heteroatoms. The quantitative estimate of drug-likeness (QED) is 0.289. The first-order valence-corrected chi connectivity index (χ1v) is 13.6. The van der Waals surface area contributed by atoms with Crippen LogP contribution in [0.15, 0.2) is 60.7 Å². The average Bonchev–Trinajstić information content (AvgIpc) is 2.91. The molecule has 2 aliphatic carbocycles. The smallest absolute Gasteiger partial charge is 0.317 e. The zero-order valence-electron chi connectivity index (χ0n) is 21.5. The van der Waals surface area contributed by atoms with Gasteiger partial charge in [0, 0.05) is 0 Å². The molecule has 1 nitrogen and oxygen atoms in total. The van der Waals surface area contributed by atoms with Gasteiger partial charge in [0.1, 0.15) is 5.82 Å². The third kappa shape index (κ3) is 5.96. The van der Waals surface area contributed by atoms with Crippen LogP contribution in [0.1, 0.15) is 79.9 Å². The Bertz CT molecular complexity index is 1240. The number of alkyl halides is 2. The second-order valence-electron chi connectivity index (χ2n) is 11.0. The first-order valence-electron chi connectivity index (χ1n) is 13.6. The van der Waals surface area contributed by atoms with E-state index in [-0.39, 0.29) is 30.5 Å². The largest absolute Gasteiger partial charge is 0.358 e. The lowest BCUT2D eigenvalue weighted by Gasteiger charge is -2.37. The molecular weight excluding hydrogens is 495 g/mol. The van der Waals surface area contributed by atoms with Crippen LogP contribution in [-0.2, 0) is 4.74 Å². The van der Waals surface area contributed by atoms with Gasteiger partial charge in [0.25, 0.3) is 0 Å². The van der Waals surface area contributed by atoms with Crippen molar-refractivity contribution in [2.75, 3.05) is 0 Å². The van der Waals surface area contributed by atoms with Crippen molar-refractivity contribution < 1.29 is 26.7 Å². The van der Waals surface area contributed by atoms with Crippen molar-refractivity contribution in [3.63, 3.8) is 0 Å². The number of benzene rings is 3. The summed E-state index contributed by atoms with van der Waals surface area (Å²) in [5, 5.41) is 0. The van der Waals surface area contributed by atoms with Crippen LogP contribution in [0.3, 0.4) is 0 Å².